The number of likely N-dealkylation sites (tertiary alicyclic amines) is 1. The highest BCUT2D eigenvalue weighted by Gasteiger charge is 2.24. The summed E-state index contributed by atoms with van der Waals surface area (Å²) in [6, 6.07) is 8.08. The molecule has 19 heavy (non-hydrogen) atoms. The summed E-state index contributed by atoms with van der Waals surface area (Å²) in [5.74, 6) is 0.609. The molecule has 0 unspecified atom stereocenters. The average Bonchev–Trinajstić information content (AvgIpc) is 2.86. The fraction of sp³-hybridized carbons (Fsp3) is 0.533. The molecular weight excluding hydrogens is 304 g/mol. The van der Waals surface area contributed by atoms with Crippen LogP contribution in [0.3, 0.4) is 0 Å². The van der Waals surface area contributed by atoms with E-state index in [0.29, 0.717) is 12.0 Å². The third kappa shape index (κ3) is 4.05. The Morgan fingerprint density at radius 1 is 1.42 bits per heavy atom. The van der Waals surface area contributed by atoms with Crippen molar-refractivity contribution in [1.82, 2.24) is 10.2 Å². The monoisotopic (exact) mass is 324 g/mol. The van der Waals surface area contributed by atoms with Gasteiger partial charge in [-0.2, -0.15) is 0 Å². The summed E-state index contributed by atoms with van der Waals surface area (Å²) in [5.41, 5.74) is 0.724. The second-order valence-corrected chi connectivity index (χ2v) is 6.38. The predicted molar refractivity (Wildman–Crippen MR) is 81.3 cm³/mol. The molecule has 1 fully saturated rings. The molecule has 1 amide bonds. The van der Waals surface area contributed by atoms with Gasteiger partial charge in [0.05, 0.1) is 0 Å². The second-order valence-electron chi connectivity index (χ2n) is 5.46. The molecule has 0 aromatic heterocycles. The first-order chi connectivity index (χ1) is 9.06. The first kappa shape index (κ1) is 14.5. The number of hydrogen-bond acceptors (Lipinski definition) is 2. The van der Waals surface area contributed by atoms with Crippen LogP contribution < -0.4 is 5.32 Å². The quantitative estimate of drug-likeness (QED) is 0.923. The highest BCUT2D eigenvalue weighted by molar-refractivity contribution is 9.10. The van der Waals surface area contributed by atoms with E-state index in [1.807, 2.05) is 24.3 Å². The molecule has 1 N–H and O–H groups in total. The first-order valence-corrected chi connectivity index (χ1v) is 7.63. The van der Waals surface area contributed by atoms with Crippen LogP contribution in [0.5, 0.6) is 0 Å². The Morgan fingerprint density at radius 2 is 2.11 bits per heavy atom. The fourth-order valence-corrected chi connectivity index (χ4v) is 2.70. The van der Waals surface area contributed by atoms with Crippen molar-refractivity contribution in [2.45, 2.75) is 26.3 Å². The predicted octanol–water partition coefficient (Wildman–Crippen LogP) is 2.91. The van der Waals surface area contributed by atoms with Gasteiger partial charge in [-0.3, -0.25) is 4.79 Å². The number of hydrogen-bond donors (Lipinski definition) is 1. The zero-order valence-corrected chi connectivity index (χ0v) is 13.1. The number of carbonyl (C=O) groups excluding carboxylic acids is 1. The third-order valence-electron chi connectivity index (χ3n) is 3.71. The molecule has 2 rings (SSSR count). The Bertz CT molecular complexity index is 430. The zero-order chi connectivity index (χ0) is 13.8. The molecule has 1 aliphatic rings. The lowest BCUT2D eigenvalue weighted by atomic mass is 10.1. The molecule has 104 valence electrons. The van der Waals surface area contributed by atoms with E-state index in [-0.39, 0.29) is 5.91 Å². The molecule has 1 saturated heterocycles. The average molecular weight is 325 g/mol. The van der Waals surface area contributed by atoms with Crippen LogP contribution in [0, 0.1) is 5.92 Å². The van der Waals surface area contributed by atoms with Gasteiger partial charge in [0.2, 0.25) is 0 Å². The normalized spacial score (nSPS) is 19.9. The SMILES string of the molecule is CC(C)N1CC[C@H](CNC(=O)c2ccc(Br)cc2)C1. The minimum atomic E-state index is 0.0236. The van der Waals surface area contributed by atoms with Crippen LogP contribution >= 0.6 is 15.9 Å². The minimum Gasteiger partial charge on any atom is -0.352 e. The number of carbonyl (C=O) groups is 1. The molecule has 1 atom stereocenters. The van der Waals surface area contributed by atoms with Gasteiger partial charge < -0.3 is 10.2 Å². The molecule has 0 saturated carbocycles. The summed E-state index contributed by atoms with van der Waals surface area (Å²) in [6.07, 6.45) is 1.18. The van der Waals surface area contributed by atoms with Crippen molar-refractivity contribution in [3.8, 4) is 0 Å². The van der Waals surface area contributed by atoms with E-state index in [0.717, 1.165) is 29.7 Å². The summed E-state index contributed by atoms with van der Waals surface area (Å²) in [4.78, 5) is 14.5. The molecule has 1 heterocycles. The van der Waals surface area contributed by atoms with Crippen LogP contribution in [-0.4, -0.2) is 36.5 Å². The van der Waals surface area contributed by atoms with Gasteiger partial charge in [-0.25, -0.2) is 0 Å². The van der Waals surface area contributed by atoms with E-state index in [4.69, 9.17) is 0 Å². The van der Waals surface area contributed by atoms with E-state index in [9.17, 15) is 4.79 Å². The zero-order valence-electron chi connectivity index (χ0n) is 11.5. The molecule has 1 aromatic rings. The number of nitrogens with zero attached hydrogens (tertiary/aromatic N) is 1. The largest absolute Gasteiger partial charge is 0.352 e. The number of amides is 1. The van der Waals surface area contributed by atoms with Crippen LogP contribution in [0.1, 0.15) is 30.6 Å². The summed E-state index contributed by atoms with van der Waals surface area (Å²) >= 11 is 3.37. The van der Waals surface area contributed by atoms with Crippen molar-refractivity contribution in [1.29, 1.82) is 0 Å². The third-order valence-corrected chi connectivity index (χ3v) is 4.23. The number of halogens is 1. The van der Waals surface area contributed by atoms with Gasteiger partial charge in [-0.15, -0.1) is 0 Å². The van der Waals surface area contributed by atoms with E-state index in [1.54, 1.807) is 0 Å². The molecule has 0 spiro atoms. The molecular formula is C15H21BrN2O. The van der Waals surface area contributed by atoms with E-state index in [2.05, 4.69) is 40.0 Å². The Balaban J connectivity index is 1.80. The second kappa shape index (κ2) is 6.53. The molecule has 0 bridgehead atoms. The maximum absolute atomic E-state index is 12.0. The molecule has 4 heteroatoms. The van der Waals surface area contributed by atoms with Crippen molar-refractivity contribution in [2.75, 3.05) is 19.6 Å². The van der Waals surface area contributed by atoms with Crippen LogP contribution in [0.2, 0.25) is 0 Å². The van der Waals surface area contributed by atoms with Gasteiger partial charge in [0, 0.05) is 29.2 Å². The van der Waals surface area contributed by atoms with Crippen LogP contribution in [0.25, 0.3) is 0 Å². The topological polar surface area (TPSA) is 32.3 Å². The van der Waals surface area contributed by atoms with Gasteiger partial charge in [-0.05, 0) is 57.0 Å². The van der Waals surface area contributed by atoms with Gasteiger partial charge in [0.15, 0.2) is 0 Å². The van der Waals surface area contributed by atoms with Crippen LogP contribution in [0.15, 0.2) is 28.7 Å². The lowest BCUT2D eigenvalue weighted by Crippen LogP contribution is -2.32. The Kier molecular flexibility index (Phi) is 4.99. The smallest absolute Gasteiger partial charge is 0.251 e. The van der Waals surface area contributed by atoms with Crippen molar-refractivity contribution in [3.63, 3.8) is 0 Å². The maximum Gasteiger partial charge on any atom is 0.251 e. The molecule has 1 aliphatic heterocycles. The summed E-state index contributed by atoms with van der Waals surface area (Å²) < 4.78 is 0.993. The van der Waals surface area contributed by atoms with E-state index in [1.165, 1.54) is 6.42 Å². The Morgan fingerprint density at radius 3 is 2.68 bits per heavy atom. The summed E-state index contributed by atoms with van der Waals surface area (Å²) in [6.45, 7) is 7.47. The van der Waals surface area contributed by atoms with Crippen LogP contribution in [0.4, 0.5) is 0 Å². The van der Waals surface area contributed by atoms with Crippen LogP contribution in [-0.2, 0) is 0 Å². The Hall–Kier alpha value is -0.870. The van der Waals surface area contributed by atoms with Gasteiger partial charge in [0.1, 0.15) is 0 Å². The highest BCUT2D eigenvalue weighted by Crippen LogP contribution is 2.18. The molecule has 1 aromatic carbocycles. The maximum atomic E-state index is 12.0. The number of nitrogens with one attached hydrogen (secondary N) is 1. The van der Waals surface area contributed by atoms with Crippen molar-refractivity contribution < 1.29 is 4.79 Å². The number of benzene rings is 1. The standard InChI is InChI=1S/C15H21BrN2O/c1-11(2)18-8-7-12(10-18)9-17-15(19)13-3-5-14(16)6-4-13/h3-6,11-12H,7-10H2,1-2H3,(H,17,19)/t12-/m1/s1. The van der Waals surface area contributed by atoms with Gasteiger partial charge in [-0.1, -0.05) is 15.9 Å². The Labute approximate surface area is 123 Å². The minimum absolute atomic E-state index is 0.0236. The molecule has 3 nitrogen and oxygen atoms in total. The van der Waals surface area contributed by atoms with Crippen molar-refractivity contribution in [3.05, 3.63) is 34.3 Å². The first-order valence-electron chi connectivity index (χ1n) is 6.84. The highest BCUT2D eigenvalue weighted by atomic mass is 79.9. The van der Waals surface area contributed by atoms with Gasteiger partial charge in [0.25, 0.3) is 5.91 Å². The summed E-state index contributed by atoms with van der Waals surface area (Å²) in [5, 5.41) is 3.04. The molecule has 0 radical (unpaired) electrons. The van der Waals surface area contributed by atoms with Crippen molar-refractivity contribution in [2.24, 2.45) is 5.92 Å². The summed E-state index contributed by atoms with van der Waals surface area (Å²) in [7, 11) is 0. The van der Waals surface area contributed by atoms with Gasteiger partial charge >= 0.3 is 0 Å². The van der Waals surface area contributed by atoms with E-state index >= 15 is 0 Å². The van der Waals surface area contributed by atoms with Crippen molar-refractivity contribution >= 4 is 21.8 Å². The molecule has 0 aliphatic carbocycles. The lowest BCUT2D eigenvalue weighted by Gasteiger charge is -2.20. The van der Waals surface area contributed by atoms with E-state index < -0.39 is 0 Å². The lowest BCUT2D eigenvalue weighted by molar-refractivity contribution is 0.0947. The fourth-order valence-electron chi connectivity index (χ4n) is 2.44. The number of rotatable bonds is 4.